The number of hydrogen-bond acceptors (Lipinski definition) is 3. The van der Waals surface area contributed by atoms with Crippen molar-refractivity contribution in [3.8, 4) is 0 Å². The highest BCUT2D eigenvalue weighted by molar-refractivity contribution is 7.98. The molecule has 0 saturated carbocycles. The third kappa shape index (κ3) is 1.09. The van der Waals surface area contributed by atoms with Gasteiger partial charge in [0.05, 0.1) is 5.52 Å². The minimum absolute atomic E-state index is 0.817. The van der Waals surface area contributed by atoms with Crippen molar-refractivity contribution >= 4 is 22.7 Å². The van der Waals surface area contributed by atoms with Crippen molar-refractivity contribution in [1.29, 1.82) is 0 Å². The Balaban J connectivity index is 2.67. The second-order valence-electron chi connectivity index (χ2n) is 2.15. The molecule has 2 rings (SSSR count). The van der Waals surface area contributed by atoms with Crippen LogP contribution in [0.5, 0.6) is 0 Å². The van der Waals surface area contributed by atoms with Crippen LogP contribution in [0.2, 0.25) is 0 Å². The summed E-state index contributed by atoms with van der Waals surface area (Å²) in [5, 5.41) is 1.87. The molecule has 2 heterocycles. The largest absolute Gasteiger partial charge is 0.365 e. The topological polar surface area (TPSA) is 41.6 Å². The summed E-state index contributed by atoms with van der Waals surface area (Å²) in [5.74, 6) is 0. The quantitative estimate of drug-likeness (QED) is 0.516. The van der Waals surface area contributed by atoms with Crippen LogP contribution in [0, 0.1) is 0 Å². The molecule has 2 aromatic heterocycles. The van der Waals surface area contributed by atoms with E-state index in [1.165, 1.54) is 0 Å². The Morgan fingerprint density at radius 2 is 2.36 bits per heavy atom. The molecule has 0 radical (unpaired) electrons. The first-order valence-corrected chi connectivity index (χ1v) is 4.46. The Kier molecular flexibility index (Phi) is 1.54. The maximum absolute atomic E-state index is 4.27. The van der Waals surface area contributed by atoms with Crippen LogP contribution in [0.3, 0.4) is 0 Å². The van der Waals surface area contributed by atoms with Gasteiger partial charge in [0.25, 0.3) is 0 Å². The number of nitrogens with one attached hydrogen (secondary N) is 1. The number of aromatic nitrogens is 3. The standard InChI is InChI=1S/C7H7N3S/c1-11-7-9-3-5-2-8-4-6(5)10-7/h2-4,8H,1H3. The van der Waals surface area contributed by atoms with E-state index in [1.807, 2.05) is 24.8 Å². The molecule has 2 aromatic rings. The molecule has 11 heavy (non-hydrogen) atoms. The fourth-order valence-electron chi connectivity index (χ4n) is 0.923. The lowest BCUT2D eigenvalue weighted by Gasteiger charge is -1.91. The molecule has 0 aliphatic carbocycles. The van der Waals surface area contributed by atoms with Crippen LogP contribution in [0.25, 0.3) is 10.9 Å². The normalized spacial score (nSPS) is 10.6. The molecule has 0 saturated heterocycles. The Morgan fingerprint density at radius 1 is 1.45 bits per heavy atom. The van der Waals surface area contributed by atoms with Gasteiger partial charge >= 0.3 is 0 Å². The molecule has 56 valence electrons. The van der Waals surface area contributed by atoms with Gasteiger partial charge in [0, 0.05) is 24.0 Å². The van der Waals surface area contributed by atoms with E-state index in [2.05, 4.69) is 15.0 Å². The van der Waals surface area contributed by atoms with Gasteiger partial charge in [0.1, 0.15) is 0 Å². The molecular weight excluding hydrogens is 158 g/mol. The van der Waals surface area contributed by atoms with E-state index in [4.69, 9.17) is 0 Å². The average Bonchev–Trinajstić information content (AvgIpc) is 2.50. The molecule has 1 N–H and O–H groups in total. The van der Waals surface area contributed by atoms with Crippen molar-refractivity contribution in [2.75, 3.05) is 6.26 Å². The summed E-state index contributed by atoms with van der Waals surface area (Å²) in [4.78, 5) is 11.4. The number of aromatic amines is 1. The minimum atomic E-state index is 0.817. The Hall–Kier alpha value is -1.03. The summed E-state index contributed by atoms with van der Waals surface area (Å²) >= 11 is 1.55. The van der Waals surface area contributed by atoms with Gasteiger partial charge in [-0.2, -0.15) is 0 Å². The van der Waals surface area contributed by atoms with Gasteiger partial charge in [0.2, 0.25) is 0 Å². The first-order valence-electron chi connectivity index (χ1n) is 3.23. The van der Waals surface area contributed by atoms with Crippen LogP contribution < -0.4 is 0 Å². The Labute approximate surface area is 68.2 Å². The minimum Gasteiger partial charge on any atom is -0.365 e. The summed E-state index contributed by atoms with van der Waals surface area (Å²) < 4.78 is 0. The van der Waals surface area contributed by atoms with Gasteiger partial charge in [-0.15, -0.1) is 0 Å². The van der Waals surface area contributed by atoms with E-state index in [0.29, 0.717) is 0 Å². The summed E-state index contributed by atoms with van der Waals surface area (Å²) in [6.45, 7) is 0. The summed E-state index contributed by atoms with van der Waals surface area (Å²) in [7, 11) is 0. The molecular formula is C7H7N3S. The number of H-pyrrole nitrogens is 1. The molecule has 0 bridgehead atoms. The Morgan fingerprint density at radius 3 is 3.18 bits per heavy atom. The lowest BCUT2D eigenvalue weighted by Crippen LogP contribution is -1.82. The maximum Gasteiger partial charge on any atom is 0.187 e. The lowest BCUT2D eigenvalue weighted by atomic mass is 10.4. The van der Waals surface area contributed by atoms with E-state index in [-0.39, 0.29) is 0 Å². The predicted molar refractivity (Wildman–Crippen MR) is 45.7 cm³/mol. The van der Waals surface area contributed by atoms with Gasteiger partial charge in [-0.1, -0.05) is 11.8 Å². The number of hydrogen-bond donors (Lipinski definition) is 1. The van der Waals surface area contributed by atoms with Crippen molar-refractivity contribution in [3.05, 3.63) is 18.6 Å². The van der Waals surface area contributed by atoms with Crippen LogP contribution in [0.4, 0.5) is 0 Å². The second kappa shape index (κ2) is 2.54. The summed E-state index contributed by atoms with van der Waals surface area (Å²) in [6, 6.07) is 0. The van der Waals surface area contributed by atoms with Crippen LogP contribution >= 0.6 is 11.8 Å². The number of fused-ring (bicyclic) bond motifs is 1. The highest BCUT2D eigenvalue weighted by Gasteiger charge is 1.97. The van der Waals surface area contributed by atoms with Gasteiger partial charge in [-0.3, -0.25) is 0 Å². The van der Waals surface area contributed by atoms with Crippen molar-refractivity contribution < 1.29 is 0 Å². The first kappa shape index (κ1) is 6.67. The van der Waals surface area contributed by atoms with Gasteiger partial charge in [0.15, 0.2) is 5.16 Å². The molecule has 0 spiro atoms. The molecule has 0 atom stereocenters. The molecule has 0 aromatic carbocycles. The summed E-state index contributed by atoms with van der Waals surface area (Å²) in [5.41, 5.74) is 0.976. The summed E-state index contributed by atoms with van der Waals surface area (Å²) in [6.07, 6.45) is 7.55. The van der Waals surface area contributed by atoms with E-state index in [9.17, 15) is 0 Å². The second-order valence-corrected chi connectivity index (χ2v) is 2.93. The predicted octanol–water partition coefficient (Wildman–Crippen LogP) is 1.68. The van der Waals surface area contributed by atoms with Crippen LogP contribution in [0.15, 0.2) is 23.7 Å². The van der Waals surface area contributed by atoms with Crippen molar-refractivity contribution in [2.24, 2.45) is 0 Å². The highest BCUT2D eigenvalue weighted by atomic mass is 32.2. The fraction of sp³-hybridized carbons (Fsp3) is 0.143. The van der Waals surface area contributed by atoms with Crippen LogP contribution in [-0.2, 0) is 0 Å². The monoisotopic (exact) mass is 165 g/mol. The smallest absolute Gasteiger partial charge is 0.187 e. The molecule has 0 unspecified atom stereocenters. The van der Waals surface area contributed by atoms with E-state index >= 15 is 0 Å². The van der Waals surface area contributed by atoms with Crippen molar-refractivity contribution in [1.82, 2.24) is 15.0 Å². The van der Waals surface area contributed by atoms with E-state index < -0.39 is 0 Å². The zero-order valence-electron chi connectivity index (χ0n) is 6.03. The van der Waals surface area contributed by atoms with Crippen LogP contribution in [0.1, 0.15) is 0 Å². The number of rotatable bonds is 1. The zero-order chi connectivity index (χ0) is 7.68. The molecule has 0 fully saturated rings. The lowest BCUT2D eigenvalue weighted by molar-refractivity contribution is 1.01. The third-order valence-corrected chi connectivity index (χ3v) is 2.03. The maximum atomic E-state index is 4.27. The molecule has 0 aliphatic heterocycles. The first-order chi connectivity index (χ1) is 5.40. The molecule has 4 heteroatoms. The average molecular weight is 165 g/mol. The van der Waals surface area contributed by atoms with Crippen molar-refractivity contribution in [2.45, 2.75) is 5.16 Å². The molecule has 0 amide bonds. The SMILES string of the molecule is CSc1ncc2c[nH]cc2n1. The fourth-order valence-corrected chi connectivity index (χ4v) is 1.27. The number of nitrogens with zero attached hydrogens (tertiary/aromatic N) is 2. The number of thioether (sulfide) groups is 1. The van der Waals surface area contributed by atoms with Crippen LogP contribution in [-0.4, -0.2) is 21.2 Å². The van der Waals surface area contributed by atoms with E-state index in [1.54, 1.807) is 11.8 Å². The Bertz CT molecular complexity index is 368. The molecule has 0 aliphatic rings. The van der Waals surface area contributed by atoms with Gasteiger partial charge in [-0.05, 0) is 6.26 Å². The highest BCUT2D eigenvalue weighted by Crippen LogP contribution is 2.13. The van der Waals surface area contributed by atoms with Gasteiger partial charge < -0.3 is 4.98 Å². The van der Waals surface area contributed by atoms with E-state index in [0.717, 1.165) is 16.1 Å². The zero-order valence-corrected chi connectivity index (χ0v) is 6.85. The third-order valence-electron chi connectivity index (χ3n) is 1.47. The van der Waals surface area contributed by atoms with Gasteiger partial charge in [-0.25, -0.2) is 9.97 Å². The molecule has 3 nitrogen and oxygen atoms in total. The van der Waals surface area contributed by atoms with Crippen molar-refractivity contribution in [3.63, 3.8) is 0 Å².